The Balaban J connectivity index is 1.74. The van der Waals surface area contributed by atoms with E-state index in [1.165, 1.54) is 11.3 Å². The monoisotopic (exact) mass is 388 g/mol. The smallest absolute Gasteiger partial charge is 0.283 e. The van der Waals surface area contributed by atoms with Gasteiger partial charge in [0, 0.05) is 10.1 Å². The van der Waals surface area contributed by atoms with Crippen LogP contribution in [0.4, 0.5) is 0 Å². The van der Waals surface area contributed by atoms with Crippen LogP contribution < -0.4 is 14.9 Å². The molecule has 0 aliphatic heterocycles. The van der Waals surface area contributed by atoms with Crippen LogP contribution in [0.3, 0.4) is 0 Å². The molecule has 0 aliphatic rings. The Morgan fingerprint density at radius 2 is 2.08 bits per heavy atom. The van der Waals surface area contributed by atoms with Crippen LogP contribution in [0, 0.1) is 0 Å². The number of hydrazone groups is 1. The zero-order chi connectivity index (χ0) is 18.5. The van der Waals surface area contributed by atoms with E-state index in [1.54, 1.807) is 25.5 Å². The number of thiophene rings is 1. The fourth-order valence-corrected chi connectivity index (χ4v) is 3.83. The molecule has 0 fully saturated rings. The first-order chi connectivity index (χ1) is 12.6. The zero-order valence-electron chi connectivity index (χ0n) is 14.3. The van der Waals surface area contributed by atoms with Crippen molar-refractivity contribution in [3.8, 4) is 11.5 Å². The molecule has 1 amide bonds. The molecule has 1 heterocycles. The largest absolute Gasteiger partial charge is 0.493 e. The summed E-state index contributed by atoms with van der Waals surface area (Å²) in [5.74, 6) is 0.925. The average Bonchev–Trinajstić information content (AvgIpc) is 2.99. The number of halogens is 1. The summed E-state index contributed by atoms with van der Waals surface area (Å²) in [7, 11) is 1.58. The summed E-state index contributed by atoms with van der Waals surface area (Å²) in [6.07, 6.45) is 1.54. The van der Waals surface area contributed by atoms with E-state index in [2.05, 4.69) is 10.5 Å². The van der Waals surface area contributed by atoms with E-state index in [-0.39, 0.29) is 5.91 Å². The van der Waals surface area contributed by atoms with Crippen molar-refractivity contribution in [2.24, 2.45) is 5.10 Å². The Labute approximate surface area is 160 Å². The minimum atomic E-state index is -0.342. The second-order valence-corrected chi connectivity index (χ2v) is 6.71. The van der Waals surface area contributed by atoms with E-state index >= 15 is 0 Å². The standard InChI is InChI=1S/C19H17ClN2O3S/c1-3-25-15-10-12(8-9-14(15)24-2)11-21-22-19(23)18-17(20)13-6-4-5-7-16(13)26-18/h4-11H,3H2,1-2H3,(H,22,23)/b21-11+. The number of benzene rings is 2. The van der Waals surface area contributed by atoms with E-state index in [4.69, 9.17) is 21.1 Å². The second-order valence-electron chi connectivity index (χ2n) is 5.28. The van der Waals surface area contributed by atoms with Crippen LogP contribution in [0.2, 0.25) is 5.02 Å². The molecule has 3 aromatic rings. The lowest BCUT2D eigenvalue weighted by Crippen LogP contribution is -2.16. The van der Waals surface area contributed by atoms with E-state index < -0.39 is 0 Å². The van der Waals surface area contributed by atoms with Gasteiger partial charge in [-0.3, -0.25) is 4.79 Å². The third-order valence-electron chi connectivity index (χ3n) is 3.61. The molecule has 0 atom stereocenters. The number of methoxy groups -OCH3 is 1. The molecule has 0 saturated carbocycles. The van der Waals surface area contributed by atoms with Gasteiger partial charge < -0.3 is 9.47 Å². The molecular weight excluding hydrogens is 372 g/mol. The molecule has 0 unspecified atom stereocenters. The number of nitrogens with one attached hydrogen (secondary N) is 1. The maximum atomic E-state index is 12.4. The molecule has 3 rings (SSSR count). The van der Waals surface area contributed by atoms with Crippen LogP contribution >= 0.6 is 22.9 Å². The van der Waals surface area contributed by atoms with Gasteiger partial charge in [-0.25, -0.2) is 5.43 Å². The Kier molecular flexibility index (Phi) is 5.75. The first kappa shape index (κ1) is 18.2. The van der Waals surface area contributed by atoms with Crippen molar-refractivity contribution in [1.82, 2.24) is 5.43 Å². The zero-order valence-corrected chi connectivity index (χ0v) is 15.9. The fraction of sp³-hybridized carbons (Fsp3) is 0.158. The SMILES string of the molecule is CCOc1cc(/C=N/NC(=O)c2sc3ccccc3c2Cl)ccc1OC. The minimum Gasteiger partial charge on any atom is -0.493 e. The van der Waals surface area contributed by atoms with Crippen LogP contribution in [0.5, 0.6) is 11.5 Å². The molecule has 0 spiro atoms. The Bertz CT molecular complexity index is 969. The number of amides is 1. The highest BCUT2D eigenvalue weighted by atomic mass is 35.5. The van der Waals surface area contributed by atoms with Gasteiger partial charge in [0.2, 0.25) is 0 Å². The van der Waals surface area contributed by atoms with Crippen molar-refractivity contribution in [2.75, 3.05) is 13.7 Å². The second kappa shape index (κ2) is 8.21. The molecule has 0 radical (unpaired) electrons. The quantitative estimate of drug-likeness (QED) is 0.490. The highest BCUT2D eigenvalue weighted by Crippen LogP contribution is 2.35. The number of carbonyl (C=O) groups is 1. The van der Waals surface area contributed by atoms with E-state index in [0.29, 0.717) is 28.0 Å². The van der Waals surface area contributed by atoms with Crippen LogP contribution in [-0.4, -0.2) is 25.8 Å². The van der Waals surface area contributed by atoms with Crippen molar-refractivity contribution in [1.29, 1.82) is 0 Å². The molecule has 26 heavy (non-hydrogen) atoms. The van der Waals surface area contributed by atoms with E-state index in [1.807, 2.05) is 37.3 Å². The van der Waals surface area contributed by atoms with Gasteiger partial charge in [0.05, 0.1) is 25.0 Å². The van der Waals surface area contributed by atoms with Crippen molar-refractivity contribution in [3.05, 3.63) is 57.9 Å². The van der Waals surface area contributed by atoms with E-state index in [0.717, 1.165) is 15.6 Å². The molecular formula is C19H17ClN2O3S. The predicted octanol–water partition coefficient (Wildman–Crippen LogP) is 4.73. The highest BCUT2D eigenvalue weighted by molar-refractivity contribution is 7.21. The number of ether oxygens (including phenoxy) is 2. The molecule has 0 aliphatic carbocycles. The predicted molar refractivity (Wildman–Crippen MR) is 106 cm³/mol. The molecule has 134 valence electrons. The molecule has 2 aromatic carbocycles. The maximum absolute atomic E-state index is 12.4. The lowest BCUT2D eigenvalue weighted by Gasteiger charge is -2.09. The summed E-state index contributed by atoms with van der Waals surface area (Å²) in [6.45, 7) is 2.42. The van der Waals surface area contributed by atoms with Gasteiger partial charge in [0.1, 0.15) is 4.88 Å². The normalized spacial score (nSPS) is 11.0. The van der Waals surface area contributed by atoms with Crippen molar-refractivity contribution in [3.63, 3.8) is 0 Å². The molecule has 1 aromatic heterocycles. The summed E-state index contributed by atoms with van der Waals surface area (Å²) in [6, 6.07) is 13.0. The summed E-state index contributed by atoms with van der Waals surface area (Å²) in [4.78, 5) is 12.8. The van der Waals surface area contributed by atoms with Crippen LogP contribution in [0.25, 0.3) is 10.1 Å². The maximum Gasteiger partial charge on any atom is 0.283 e. The number of fused-ring (bicyclic) bond motifs is 1. The number of nitrogens with zero attached hydrogens (tertiary/aromatic N) is 1. The number of carbonyl (C=O) groups excluding carboxylic acids is 1. The van der Waals surface area contributed by atoms with Crippen molar-refractivity contribution >= 4 is 45.1 Å². The van der Waals surface area contributed by atoms with Gasteiger partial charge in [0.15, 0.2) is 11.5 Å². The molecule has 0 saturated heterocycles. The van der Waals surface area contributed by atoms with Crippen molar-refractivity contribution < 1.29 is 14.3 Å². The van der Waals surface area contributed by atoms with Gasteiger partial charge in [0.25, 0.3) is 5.91 Å². The topological polar surface area (TPSA) is 59.9 Å². The molecule has 0 bridgehead atoms. The number of rotatable bonds is 6. The Morgan fingerprint density at radius 3 is 2.81 bits per heavy atom. The van der Waals surface area contributed by atoms with Crippen molar-refractivity contribution in [2.45, 2.75) is 6.92 Å². The third kappa shape index (κ3) is 3.81. The van der Waals surface area contributed by atoms with E-state index in [9.17, 15) is 4.79 Å². The highest BCUT2D eigenvalue weighted by Gasteiger charge is 2.16. The van der Waals surface area contributed by atoms with Gasteiger partial charge in [-0.1, -0.05) is 29.8 Å². The summed E-state index contributed by atoms with van der Waals surface area (Å²) in [5, 5.41) is 5.32. The average molecular weight is 389 g/mol. The van der Waals surface area contributed by atoms with Gasteiger partial charge >= 0.3 is 0 Å². The molecule has 7 heteroatoms. The summed E-state index contributed by atoms with van der Waals surface area (Å²) >= 11 is 7.64. The minimum absolute atomic E-state index is 0.342. The van der Waals surface area contributed by atoms with Gasteiger partial charge in [-0.05, 0) is 36.8 Å². The molecule has 1 N–H and O–H groups in total. The van der Waals surface area contributed by atoms with Gasteiger partial charge in [-0.15, -0.1) is 11.3 Å². The Hall–Kier alpha value is -2.57. The van der Waals surface area contributed by atoms with Crippen LogP contribution in [-0.2, 0) is 0 Å². The lowest BCUT2D eigenvalue weighted by atomic mass is 10.2. The Morgan fingerprint density at radius 1 is 1.27 bits per heavy atom. The summed E-state index contributed by atoms with van der Waals surface area (Å²) in [5.41, 5.74) is 3.29. The third-order valence-corrected chi connectivity index (χ3v) is 5.28. The molecule has 5 nitrogen and oxygen atoms in total. The first-order valence-electron chi connectivity index (χ1n) is 7.95. The lowest BCUT2D eigenvalue weighted by molar-refractivity contribution is 0.0959. The van der Waals surface area contributed by atoms with Crippen LogP contribution in [0.1, 0.15) is 22.2 Å². The fourth-order valence-electron chi connectivity index (χ4n) is 2.42. The van der Waals surface area contributed by atoms with Crippen LogP contribution in [0.15, 0.2) is 47.6 Å². The summed E-state index contributed by atoms with van der Waals surface area (Å²) < 4.78 is 11.7. The number of hydrogen-bond donors (Lipinski definition) is 1. The number of hydrogen-bond acceptors (Lipinski definition) is 5. The first-order valence-corrected chi connectivity index (χ1v) is 9.14. The van der Waals surface area contributed by atoms with Gasteiger partial charge in [-0.2, -0.15) is 5.10 Å².